The monoisotopic (exact) mass is 354 g/mol. The maximum Gasteiger partial charge on any atom is 0.142 e. The van der Waals surface area contributed by atoms with Crippen LogP contribution in [0.4, 0.5) is 0 Å². The minimum absolute atomic E-state index is 0.175. The summed E-state index contributed by atoms with van der Waals surface area (Å²) in [6.45, 7) is 1.94. The predicted octanol–water partition coefficient (Wildman–Crippen LogP) is 5.25. The highest BCUT2D eigenvalue weighted by molar-refractivity contribution is 6.07. The van der Waals surface area contributed by atoms with Gasteiger partial charge in [0.1, 0.15) is 11.4 Å². The summed E-state index contributed by atoms with van der Waals surface area (Å²) in [6.07, 6.45) is 1.54. The molecule has 0 aliphatic heterocycles. The molecule has 0 amide bonds. The first-order chi connectivity index (χ1) is 13.0. The molecule has 1 saturated carbocycles. The lowest BCUT2D eigenvalue weighted by Crippen LogP contribution is -2.42. The number of ketones is 1. The molecule has 2 nitrogen and oxygen atoms in total. The zero-order valence-corrected chi connectivity index (χ0v) is 15.4. The highest BCUT2D eigenvalue weighted by Crippen LogP contribution is 2.62. The van der Waals surface area contributed by atoms with Crippen LogP contribution in [0.15, 0.2) is 72.8 Å². The van der Waals surface area contributed by atoms with E-state index in [4.69, 9.17) is 0 Å². The molecule has 0 aromatic heterocycles. The van der Waals surface area contributed by atoms with E-state index in [2.05, 4.69) is 30.3 Å². The summed E-state index contributed by atoms with van der Waals surface area (Å²) in [5, 5.41) is 14.1. The lowest BCUT2D eigenvalue weighted by molar-refractivity contribution is -0.129. The van der Waals surface area contributed by atoms with Gasteiger partial charge in [-0.2, -0.15) is 0 Å². The Morgan fingerprint density at radius 1 is 0.852 bits per heavy atom. The van der Waals surface area contributed by atoms with Gasteiger partial charge in [0.2, 0.25) is 0 Å². The SMILES string of the molecule is C[C@]12CC(c3ccc4ccccc4c3)=C(c3ccccc3)[C@@]1(O)CCC2=O. The number of aliphatic hydroxyl groups is 1. The lowest BCUT2D eigenvalue weighted by Gasteiger charge is -2.34. The van der Waals surface area contributed by atoms with Crippen LogP contribution in [-0.2, 0) is 4.79 Å². The molecule has 2 aliphatic carbocycles. The van der Waals surface area contributed by atoms with E-state index in [0.717, 1.165) is 22.3 Å². The van der Waals surface area contributed by atoms with Crippen molar-refractivity contribution in [3.63, 3.8) is 0 Å². The van der Waals surface area contributed by atoms with E-state index in [-0.39, 0.29) is 5.78 Å². The van der Waals surface area contributed by atoms with Gasteiger partial charge < -0.3 is 5.11 Å². The fraction of sp³-hybridized carbons (Fsp3) is 0.240. The molecule has 3 aromatic carbocycles. The first-order valence-electron chi connectivity index (χ1n) is 9.57. The minimum Gasteiger partial charge on any atom is -0.384 e. The number of Topliss-reactive ketones (excluding diaryl/α,β-unsaturated/α-hetero) is 1. The summed E-state index contributed by atoms with van der Waals surface area (Å²) < 4.78 is 0. The van der Waals surface area contributed by atoms with Crippen molar-refractivity contribution < 1.29 is 9.90 Å². The van der Waals surface area contributed by atoms with E-state index in [9.17, 15) is 9.90 Å². The number of carbonyl (C=O) groups is 1. The zero-order chi connectivity index (χ0) is 18.6. The third-order valence-electron chi connectivity index (χ3n) is 6.65. The van der Waals surface area contributed by atoms with Crippen molar-refractivity contribution >= 4 is 27.7 Å². The van der Waals surface area contributed by atoms with Gasteiger partial charge in [-0.1, -0.05) is 66.7 Å². The molecular formula is C25H22O2. The van der Waals surface area contributed by atoms with Gasteiger partial charge in [0.25, 0.3) is 0 Å². The maximum atomic E-state index is 12.8. The number of allylic oxidation sites excluding steroid dienone is 1. The molecule has 2 heteroatoms. The molecular weight excluding hydrogens is 332 g/mol. The number of rotatable bonds is 2. The summed E-state index contributed by atoms with van der Waals surface area (Å²) in [5.74, 6) is 0.175. The van der Waals surface area contributed by atoms with Crippen LogP contribution >= 0.6 is 0 Å². The van der Waals surface area contributed by atoms with Crippen LogP contribution in [0.3, 0.4) is 0 Å². The summed E-state index contributed by atoms with van der Waals surface area (Å²) in [6, 6.07) is 24.8. The van der Waals surface area contributed by atoms with Crippen molar-refractivity contribution in [3.8, 4) is 0 Å². The fourth-order valence-corrected chi connectivity index (χ4v) is 5.06. The minimum atomic E-state index is -1.09. The molecule has 1 fully saturated rings. The predicted molar refractivity (Wildman–Crippen MR) is 109 cm³/mol. The molecule has 0 bridgehead atoms. The van der Waals surface area contributed by atoms with Crippen LogP contribution in [0.2, 0.25) is 0 Å². The van der Waals surface area contributed by atoms with E-state index in [1.807, 2.05) is 49.4 Å². The first-order valence-corrected chi connectivity index (χ1v) is 9.57. The maximum absolute atomic E-state index is 12.8. The van der Waals surface area contributed by atoms with Gasteiger partial charge >= 0.3 is 0 Å². The Bertz CT molecular complexity index is 1100. The normalized spacial score (nSPS) is 27.4. The van der Waals surface area contributed by atoms with Crippen LogP contribution in [0.25, 0.3) is 21.9 Å². The Morgan fingerprint density at radius 2 is 1.56 bits per heavy atom. The molecule has 0 saturated heterocycles. The summed E-state index contributed by atoms with van der Waals surface area (Å²) in [5.41, 5.74) is 2.33. The van der Waals surface area contributed by atoms with Gasteiger partial charge in [-0.15, -0.1) is 0 Å². The van der Waals surface area contributed by atoms with Gasteiger partial charge in [0.15, 0.2) is 0 Å². The quantitative estimate of drug-likeness (QED) is 0.682. The molecule has 0 heterocycles. The lowest BCUT2D eigenvalue weighted by atomic mass is 9.74. The van der Waals surface area contributed by atoms with Gasteiger partial charge in [-0.25, -0.2) is 0 Å². The van der Waals surface area contributed by atoms with Crippen molar-refractivity contribution in [1.82, 2.24) is 0 Å². The van der Waals surface area contributed by atoms with E-state index >= 15 is 0 Å². The van der Waals surface area contributed by atoms with Crippen LogP contribution < -0.4 is 0 Å². The molecule has 27 heavy (non-hydrogen) atoms. The Kier molecular flexibility index (Phi) is 3.44. The highest BCUT2D eigenvalue weighted by atomic mass is 16.3. The second-order valence-corrected chi connectivity index (χ2v) is 8.07. The number of fused-ring (bicyclic) bond motifs is 2. The van der Waals surface area contributed by atoms with Gasteiger partial charge in [-0.3, -0.25) is 4.79 Å². The molecule has 0 spiro atoms. The van der Waals surface area contributed by atoms with Crippen LogP contribution in [-0.4, -0.2) is 16.5 Å². The first kappa shape index (κ1) is 16.5. The van der Waals surface area contributed by atoms with E-state index < -0.39 is 11.0 Å². The standard InChI is InChI=1S/C25H22O2/c1-24-16-21(20-12-11-17-7-5-6-10-19(17)15-20)23(18-8-3-2-4-9-18)25(24,27)14-13-22(24)26/h2-12,15,27H,13-14,16H2,1H3/t24-,25+/m1/s1. The van der Waals surface area contributed by atoms with Crippen molar-refractivity contribution in [2.75, 3.05) is 0 Å². The summed E-state index contributed by atoms with van der Waals surface area (Å²) in [4.78, 5) is 12.8. The third-order valence-corrected chi connectivity index (χ3v) is 6.65. The molecule has 3 aromatic rings. The number of hydrogen-bond donors (Lipinski definition) is 1. The van der Waals surface area contributed by atoms with Gasteiger partial charge in [0.05, 0.1) is 5.41 Å². The Balaban J connectivity index is 1.78. The fourth-order valence-electron chi connectivity index (χ4n) is 5.06. The van der Waals surface area contributed by atoms with Crippen molar-refractivity contribution in [2.24, 2.45) is 5.41 Å². The van der Waals surface area contributed by atoms with Crippen molar-refractivity contribution in [1.29, 1.82) is 0 Å². The van der Waals surface area contributed by atoms with E-state index in [0.29, 0.717) is 19.3 Å². The Morgan fingerprint density at radius 3 is 2.33 bits per heavy atom. The van der Waals surface area contributed by atoms with E-state index in [1.165, 1.54) is 10.8 Å². The molecule has 0 unspecified atom stereocenters. The van der Waals surface area contributed by atoms with Crippen LogP contribution in [0, 0.1) is 5.41 Å². The third kappa shape index (κ3) is 2.20. The molecule has 0 radical (unpaired) electrons. The topological polar surface area (TPSA) is 37.3 Å². The molecule has 1 N–H and O–H groups in total. The van der Waals surface area contributed by atoms with Gasteiger partial charge in [-0.05, 0) is 58.9 Å². The highest BCUT2D eigenvalue weighted by Gasteiger charge is 2.63. The number of hydrogen-bond acceptors (Lipinski definition) is 2. The second kappa shape index (κ2) is 5.64. The van der Waals surface area contributed by atoms with Crippen LogP contribution in [0.1, 0.15) is 37.3 Å². The zero-order valence-electron chi connectivity index (χ0n) is 15.4. The second-order valence-electron chi connectivity index (χ2n) is 8.07. The molecule has 2 atom stereocenters. The Labute approximate surface area is 159 Å². The Hall–Kier alpha value is -2.71. The van der Waals surface area contributed by atoms with E-state index in [1.54, 1.807) is 0 Å². The largest absolute Gasteiger partial charge is 0.384 e. The van der Waals surface area contributed by atoms with Crippen LogP contribution in [0.5, 0.6) is 0 Å². The summed E-state index contributed by atoms with van der Waals surface area (Å²) >= 11 is 0. The molecule has 5 rings (SSSR count). The smallest absolute Gasteiger partial charge is 0.142 e. The van der Waals surface area contributed by atoms with Crippen molar-refractivity contribution in [2.45, 2.75) is 31.8 Å². The summed E-state index contributed by atoms with van der Waals surface area (Å²) in [7, 11) is 0. The average Bonchev–Trinajstić information content (AvgIpc) is 3.07. The number of carbonyl (C=O) groups excluding carboxylic acids is 1. The molecule has 2 aliphatic rings. The van der Waals surface area contributed by atoms with Crippen molar-refractivity contribution in [3.05, 3.63) is 83.9 Å². The van der Waals surface area contributed by atoms with Gasteiger partial charge in [0, 0.05) is 6.42 Å². The molecule has 134 valence electrons. The number of benzene rings is 3. The average molecular weight is 354 g/mol.